The fraction of sp³-hybridized carbons (Fsp3) is 0.531. The number of ether oxygens (including phenoxy) is 1. The van der Waals surface area contributed by atoms with Crippen LogP contribution in [0, 0.1) is 11.3 Å². The van der Waals surface area contributed by atoms with Crippen LogP contribution in [0.4, 0.5) is 32.0 Å². The van der Waals surface area contributed by atoms with Gasteiger partial charge in [-0.05, 0) is 55.3 Å². The summed E-state index contributed by atoms with van der Waals surface area (Å²) in [6.45, 7) is 9.99. The smallest absolute Gasteiger partial charge is 0.490 e. The van der Waals surface area contributed by atoms with Crippen LogP contribution < -0.4 is 9.64 Å². The standard InChI is InChI=1S/C28H39N3O2.2C2HF3O2/c1-22(2)20-33-26-12-8-5-9-23(26)19-30-16-13-28(21-30)14-17-31(18-15-28)27(32)24-10-6-7-11-25(24)29(3)4;2*3-2(4,5)1(6)7/h5-12,22H,13-21H2,1-4H3;2*(H,6,7). The van der Waals surface area contributed by atoms with E-state index < -0.39 is 24.3 Å². The van der Waals surface area contributed by atoms with Gasteiger partial charge in [0.25, 0.3) is 5.91 Å². The van der Waals surface area contributed by atoms with Crippen molar-refractivity contribution in [2.45, 2.75) is 52.0 Å². The Morgan fingerprint density at radius 1 is 0.851 bits per heavy atom. The van der Waals surface area contributed by atoms with Crippen molar-refractivity contribution in [3.05, 3.63) is 59.7 Å². The molecule has 2 aliphatic rings. The van der Waals surface area contributed by atoms with Gasteiger partial charge in [0.2, 0.25) is 0 Å². The average molecular weight is 678 g/mol. The maximum atomic E-state index is 13.3. The van der Waals surface area contributed by atoms with E-state index in [4.69, 9.17) is 24.5 Å². The first kappa shape index (κ1) is 39.2. The lowest BCUT2D eigenvalue weighted by Crippen LogP contribution is -2.44. The van der Waals surface area contributed by atoms with Crippen molar-refractivity contribution in [2.75, 3.05) is 51.8 Å². The Kier molecular flexibility index (Phi) is 13.9. The highest BCUT2D eigenvalue weighted by molar-refractivity contribution is 5.99. The second-order valence-corrected chi connectivity index (χ2v) is 12.1. The van der Waals surface area contributed by atoms with Gasteiger partial charge in [-0.3, -0.25) is 9.69 Å². The highest BCUT2D eigenvalue weighted by Gasteiger charge is 2.42. The molecule has 1 spiro atoms. The van der Waals surface area contributed by atoms with Crippen molar-refractivity contribution in [3.8, 4) is 5.75 Å². The number of likely N-dealkylation sites (tertiary alicyclic amines) is 2. The first-order valence-electron chi connectivity index (χ1n) is 14.8. The number of hydrogen-bond acceptors (Lipinski definition) is 6. The van der Waals surface area contributed by atoms with Crippen LogP contribution in [0.15, 0.2) is 48.5 Å². The lowest BCUT2D eigenvalue weighted by molar-refractivity contribution is -0.193. The number of piperidine rings is 1. The lowest BCUT2D eigenvalue weighted by Gasteiger charge is -2.39. The number of para-hydroxylation sites is 2. The second-order valence-electron chi connectivity index (χ2n) is 12.1. The van der Waals surface area contributed by atoms with Crippen LogP contribution in [0.1, 0.15) is 49.0 Å². The van der Waals surface area contributed by atoms with Crippen molar-refractivity contribution in [2.24, 2.45) is 11.3 Å². The summed E-state index contributed by atoms with van der Waals surface area (Å²) in [5.41, 5.74) is 3.42. The van der Waals surface area contributed by atoms with E-state index in [-0.39, 0.29) is 5.91 Å². The highest BCUT2D eigenvalue weighted by Crippen LogP contribution is 2.41. The van der Waals surface area contributed by atoms with E-state index >= 15 is 0 Å². The van der Waals surface area contributed by atoms with Gasteiger partial charge >= 0.3 is 24.3 Å². The minimum absolute atomic E-state index is 0.167. The van der Waals surface area contributed by atoms with Gasteiger partial charge in [-0.2, -0.15) is 26.3 Å². The minimum Gasteiger partial charge on any atom is -0.493 e. The Hall–Kier alpha value is -4.01. The zero-order chi connectivity index (χ0) is 35.6. The number of rotatable bonds is 7. The van der Waals surface area contributed by atoms with Crippen LogP contribution in [0.2, 0.25) is 0 Å². The van der Waals surface area contributed by atoms with Gasteiger partial charge in [-0.25, -0.2) is 9.59 Å². The summed E-state index contributed by atoms with van der Waals surface area (Å²) in [6.07, 6.45) is -6.77. The van der Waals surface area contributed by atoms with E-state index in [1.54, 1.807) is 0 Å². The predicted octanol–water partition coefficient (Wildman–Crippen LogP) is 6.18. The third-order valence-electron chi connectivity index (χ3n) is 7.67. The summed E-state index contributed by atoms with van der Waals surface area (Å²) in [5, 5.41) is 14.2. The quantitative estimate of drug-likeness (QED) is 0.335. The molecule has 1 amide bonds. The number of aliphatic carboxylic acids is 2. The summed E-state index contributed by atoms with van der Waals surface area (Å²) in [5.74, 6) is -3.81. The number of benzene rings is 2. The van der Waals surface area contributed by atoms with Gasteiger partial charge < -0.3 is 24.7 Å². The van der Waals surface area contributed by atoms with Crippen LogP contribution in [-0.2, 0) is 16.1 Å². The number of nitrogens with zero attached hydrogens (tertiary/aromatic N) is 3. The normalized spacial score (nSPS) is 16.1. The summed E-state index contributed by atoms with van der Waals surface area (Å²) >= 11 is 0. The molecule has 4 rings (SSSR count). The van der Waals surface area contributed by atoms with Crippen molar-refractivity contribution in [1.29, 1.82) is 0 Å². The number of carbonyl (C=O) groups excluding carboxylic acids is 1. The number of carbonyl (C=O) groups is 3. The second kappa shape index (κ2) is 16.7. The molecule has 15 heteroatoms. The fourth-order valence-electron chi connectivity index (χ4n) is 5.24. The van der Waals surface area contributed by atoms with E-state index in [0.29, 0.717) is 11.3 Å². The molecule has 0 aliphatic carbocycles. The molecule has 47 heavy (non-hydrogen) atoms. The molecule has 0 aromatic heterocycles. The fourth-order valence-corrected chi connectivity index (χ4v) is 5.24. The molecular formula is C32H41F6N3O6. The molecule has 0 unspecified atom stereocenters. The molecular weight excluding hydrogens is 636 g/mol. The van der Waals surface area contributed by atoms with Crippen LogP contribution in [0.5, 0.6) is 5.75 Å². The molecule has 2 aromatic rings. The number of carboxylic acid groups (broad SMARTS) is 2. The van der Waals surface area contributed by atoms with E-state index in [1.807, 2.05) is 43.3 Å². The summed E-state index contributed by atoms with van der Waals surface area (Å²) in [4.78, 5) is 37.7. The molecule has 2 aromatic carbocycles. The van der Waals surface area contributed by atoms with Crippen molar-refractivity contribution < 1.29 is 55.7 Å². The Balaban J connectivity index is 0.000000459. The summed E-state index contributed by atoms with van der Waals surface area (Å²) in [7, 11) is 3.99. The summed E-state index contributed by atoms with van der Waals surface area (Å²) < 4.78 is 69.6. The number of hydrogen-bond donors (Lipinski definition) is 2. The Morgan fingerprint density at radius 3 is 1.85 bits per heavy atom. The molecule has 2 saturated heterocycles. The maximum Gasteiger partial charge on any atom is 0.490 e. The molecule has 0 atom stereocenters. The monoisotopic (exact) mass is 677 g/mol. The molecule has 0 bridgehead atoms. The number of halogens is 6. The van der Waals surface area contributed by atoms with Gasteiger partial charge in [0, 0.05) is 51.5 Å². The Bertz CT molecular complexity index is 1320. The maximum absolute atomic E-state index is 13.3. The minimum atomic E-state index is -5.08. The largest absolute Gasteiger partial charge is 0.493 e. The van der Waals surface area contributed by atoms with Crippen molar-refractivity contribution >= 4 is 23.5 Å². The topological polar surface area (TPSA) is 111 Å². The summed E-state index contributed by atoms with van der Waals surface area (Å²) in [6, 6.07) is 16.4. The zero-order valence-electron chi connectivity index (χ0n) is 26.7. The third-order valence-corrected chi connectivity index (χ3v) is 7.67. The SMILES string of the molecule is CC(C)COc1ccccc1CN1CCC2(CCN(C(=O)c3ccccc3N(C)C)CC2)C1.O=C(O)C(F)(F)F.O=C(O)C(F)(F)F. The number of amides is 1. The molecule has 2 N–H and O–H groups in total. The Morgan fingerprint density at radius 2 is 1.34 bits per heavy atom. The third kappa shape index (κ3) is 12.3. The van der Waals surface area contributed by atoms with Crippen molar-refractivity contribution in [3.63, 3.8) is 0 Å². The molecule has 2 aliphatic heterocycles. The molecule has 2 heterocycles. The van der Waals surface area contributed by atoms with E-state index in [9.17, 15) is 31.1 Å². The number of anilines is 1. The zero-order valence-corrected chi connectivity index (χ0v) is 26.7. The predicted molar refractivity (Wildman–Crippen MR) is 162 cm³/mol. The molecule has 9 nitrogen and oxygen atoms in total. The number of carboxylic acids is 2. The van der Waals surface area contributed by atoms with E-state index in [0.717, 1.165) is 69.2 Å². The first-order chi connectivity index (χ1) is 21.8. The molecule has 262 valence electrons. The van der Waals surface area contributed by atoms with Crippen LogP contribution in [0.3, 0.4) is 0 Å². The van der Waals surface area contributed by atoms with Crippen LogP contribution in [0.25, 0.3) is 0 Å². The average Bonchev–Trinajstić information content (AvgIpc) is 3.37. The number of alkyl halides is 6. The molecule has 0 saturated carbocycles. The van der Waals surface area contributed by atoms with Crippen molar-refractivity contribution in [1.82, 2.24) is 9.80 Å². The Labute approximate surface area is 269 Å². The van der Waals surface area contributed by atoms with E-state index in [2.05, 4.69) is 47.9 Å². The van der Waals surface area contributed by atoms with Gasteiger partial charge in [-0.1, -0.05) is 44.2 Å². The van der Waals surface area contributed by atoms with Gasteiger partial charge in [0.15, 0.2) is 0 Å². The lowest BCUT2D eigenvalue weighted by atomic mass is 9.77. The first-order valence-corrected chi connectivity index (χ1v) is 14.8. The molecule has 0 radical (unpaired) electrons. The van der Waals surface area contributed by atoms with Crippen LogP contribution >= 0.6 is 0 Å². The van der Waals surface area contributed by atoms with Crippen LogP contribution in [-0.4, -0.2) is 97.1 Å². The highest BCUT2D eigenvalue weighted by atomic mass is 19.4. The van der Waals surface area contributed by atoms with Gasteiger partial charge in [0.1, 0.15) is 5.75 Å². The van der Waals surface area contributed by atoms with Gasteiger partial charge in [0.05, 0.1) is 12.2 Å². The van der Waals surface area contributed by atoms with E-state index in [1.165, 1.54) is 12.0 Å². The van der Waals surface area contributed by atoms with Gasteiger partial charge in [-0.15, -0.1) is 0 Å². The molecule has 2 fully saturated rings.